The first-order valence-corrected chi connectivity index (χ1v) is 12.1. The number of sulfone groups is 1. The van der Waals surface area contributed by atoms with E-state index < -0.39 is 9.84 Å². The Morgan fingerprint density at radius 3 is 1.28 bits per heavy atom. The molecule has 4 aromatic carbocycles. The Morgan fingerprint density at radius 2 is 0.906 bits per heavy atom. The molecule has 0 aliphatic heterocycles. The van der Waals surface area contributed by atoms with Crippen molar-refractivity contribution in [3.05, 3.63) is 114 Å². The first-order chi connectivity index (χ1) is 15.3. The van der Waals surface area contributed by atoms with Crippen molar-refractivity contribution >= 4 is 9.84 Å². The number of aryl methyl sites for hydroxylation is 1. The number of benzene rings is 4. The lowest BCUT2D eigenvalue weighted by molar-refractivity contribution is 0.482. The highest BCUT2D eigenvalue weighted by Crippen LogP contribution is 2.25. The Bertz CT molecular complexity index is 1270. The maximum atomic E-state index is 11.6. The van der Waals surface area contributed by atoms with Crippen molar-refractivity contribution in [1.82, 2.24) is 0 Å². The van der Waals surface area contributed by atoms with Crippen molar-refractivity contribution in [3.8, 4) is 23.0 Å². The lowest BCUT2D eigenvalue weighted by Crippen LogP contribution is -1.96. The summed E-state index contributed by atoms with van der Waals surface area (Å²) in [7, 11) is -3.21. The monoisotopic (exact) mass is 444 g/mol. The second-order valence-electron chi connectivity index (χ2n) is 7.73. The topological polar surface area (TPSA) is 52.6 Å². The van der Waals surface area contributed by atoms with E-state index in [0.717, 1.165) is 23.5 Å². The van der Waals surface area contributed by atoms with Crippen molar-refractivity contribution in [3.63, 3.8) is 0 Å². The van der Waals surface area contributed by atoms with E-state index in [0.29, 0.717) is 11.5 Å². The average Bonchev–Trinajstić information content (AvgIpc) is 2.78. The fourth-order valence-corrected chi connectivity index (χ4v) is 3.85. The third-order valence-electron chi connectivity index (χ3n) is 5.00. The van der Waals surface area contributed by atoms with Crippen LogP contribution in [0.15, 0.2) is 102 Å². The zero-order chi connectivity index (χ0) is 22.6. The molecule has 4 rings (SSSR count). The van der Waals surface area contributed by atoms with Gasteiger partial charge in [0.15, 0.2) is 9.84 Å². The Kier molecular flexibility index (Phi) is 6.28. The molecule has 0 spiro atoms. The van der Waals surface area contributed by atoms with Gasteiger partial charge >= 0.3 is 0 Å². The van der Waals surface area contributed by atoms with Crippen molar-refractivity contribution in [2.24, 2.45) is 0 Å². The molecule has 5 heteroatoms. The first-order valence-electron chi connectivity index (χ1n) is 10.3. The van der Waals surface area contributed by atoms with Crippen LogP contribution in [0.2, 0.25) is 0 Å². The van der Waals surface area contributed by atoms with Crippen LogP contribution in [0.3, 0.4) is 0 Å². The van der Waals surface area contributed by atoms with Crippen molar-refractivity contribution in [2.45, 2.75) is 18.2 Å². The molecule has 0 unspecified atom stereocenters. The third-order valence-corrected chi connectivity index (χ3v) is 6.13. The van der Waals surface area contributed by atoms with Crippen LogP contribution in [0, 0.1) is 6.92 Å². The molecule has 4 aromatic rings. The summed E-state index contributed by atoms with van der Waals surface area (Å²) in [6.45, 7) is 2.05. The lowest BCUT2D eigenvalue weighted by Gasteiger charge is -2.09. The fourth-order valence-electron chi connectivity index (χ4n) is 3.22. The first kappa shape index (κ1) is 21.7. The van der Waals surface area contributed by atoms with Crippen molar-refractivity contribution < 1.29 is 17.9 Å². The predicted octanol–water partition coefficient (Wildman–Crippen LogP) is 6.57. The molecular weight excluding hydrogens is 420 g/mol. The molecule has 0 aliphatic rings. The molecule has 32 heavy (non-hydrogen) atoms. The molecule has 0 amide bonds. The van der Waals surface area contributed by atoms with Crippen LogP contribution in [-0.2, 0) is 16.3 Å². The smallest absolute Gasteiger partial charge is 0.175 e. The van der Waals surface area contributed by atoms with E-state index in [-0.39, 0.29) is 4.90 Å². The van der Waals surface area contributed by atoms with E-state index in [1.165, 1.54) is 17.4 Å². The minimum absolute atomic E-state index is 0.274. The minimum Gasteiger partial charge on any atom is -0.457 e. The van der Waals surface area contributed by atoms with Gasteiger partial charge in [-0.05, 0) is 85.1 Å². The molecule has 4 nitrogen and oxygen atoms in total. The molecule has 0 bridgehead atoms. The fraction of sp³-hybridized carbons (Fsp3) is 0.111. The average molecular weight is 445 g/mol. The van der Waals surface area contributed by atoms with Gasteiger partial charge in [0.1, 0.15) is 23.0 Å². The van der Waals surface area contributed by atoms with E-state index >= 15 is 0 Å². The van der Waals surface area contributed by atoms with Gasteiger partial charge in [0.25, 0.3) is 0 Å². The molecular formula is C27H24O4S. The van der Waals surface area contributed by atoms with E-state index in [1.807, 2.05) is 60.7 Å². The highest BCUT2D eigenvalue weighted by Gasteiger charge is 2.07. The van der Waals surface area contributed by atoms with Gasteiger partial charge in [-0.25, -0.2) is 8.42 Å². The van der Waals surface area contributed by atoms with E-state index in [2.05, 4.69) is 19.1 Å². The molecule has 0 radical (unpaired) electrons. The maximum Gasteiger partial charge on any atom is 0.175 e. The standard InChI is InChI=1S/C27H24O4S/c1-20-3-9-23(10-4-20)30-24-11-5-21(6-12-24)19-22-7-13-25(14-8-22)31-26-15-17-27(18-16-26)32(2,28)29/h3-18H,19H2,1-2H3. The van der Waals surface area contributed by atoms with E-state index in [1.54, 1.807) is 24.3 Å². The molecule has 0 saturated carbocycles. The van der Waals surface area contributed by atoms with Crippen LogP contribution in [0.1, 0.15) is 16.7 Å². The Hall–Kier alpha value is -3.57. The van der Waals surface area contributed by atoms with Gasteiger partial charge in [0, 0.05) is 6.26 Å². The summed E-state index contributed by atoms with van der Waals surface area (Å²) in [6.07, 6.45) is 1.99. The highest BCUT2D eigenvalue weighted by molar-refractivity contribution is 7.90. The number of hydrogen-bond donors (Lipinski definition) is 0. The predicted molar refractivity (Wildman–Crippen MR) is 127 cm³/mol. The molecule has 0 N–H and O–H groups in total. The summed E-state index contributed by atoms with van der Waals surface area (Å²) in [5, 5.41) is 0. The minimum atomic E-state index is -3.21. The largest absolute Gasteiger partial charge is 0.457 e. The SMILES string of the molecule is Cc1ccc(Oc2ccc(Cc3ccc(Oc4ccc(S(C)(=O)=O)cc4)cc3)cc2)cc1. The maximum absolute atomic E-state index is 11.6. The van der Waals surface area contributed by atoms with Gasteiger partial charge in [-0.1, -0.05) is 42.0 Å². The molecule has 0 saturated heterocycles. The summed E-state index contributed by atoms with van der Waals surface area (Å²) in [4.78, 5) is 0.274. The summed E-state index contributed by atoms with van der Waals surface area (Å²) >= 11 is 0. The summed E-state index contributed by atoms with van der Waals surface area (Å²) in [5.74, 6) is 2.92. The van der Waals surface area contributed by atoms with Crippen LogP contribution >= 0.6 is 0 Å². The van der Waals surface area contributed by atoms with E-state index in [4.69, 9.17) is 9.47 Å². The highest BCUT2D eigenvalue weighted by atomic mass is 32.2. The zero-order valence-electron chi connectivity index (χ0n) is 18.0. The van der Waals surface area contributed by atoms with Crippen LogP contribution < -0.4 is 9.47 Å². The van der Waals surface area contributed by atoms with Crippen LogP contribution in [-0.4, -0.2) is 14.7 Å². The van der Waals surface area contributed by atoms with Crippen LogP contribution in [0.5, 0.6) is 23.0 Å². The lowest BCUT2D eigenvalue weighted by atomic mass is 10.0. The van der Waals surface area contributed by atoms with Crippen molar-refractivity contribution in [2.75, 3.05) is 6.26 Å². The van der Waals surface area contributed by atoms with Crippen molar-refractivity contribution in [1.29, 1.82) is 0 Å². The number of hydrogen-bond acceptors (Lipinski definition) is 4. The molecule has 0 heterocycles. The number of rotatable bonds is 7. The van der Waals surface area contributed by atoms with Gasteiger partial charge in [0.05, 0.1) is 4.90 Å². The van der Waals surface area contributed by atoms with Gasteiger partial charge in [0.2, 0.25) is 0 Å². The quantitative estimate of drug-likeness (QED) is 0.323. The summed E-state index contributed by atoms with van der Waals surface area (Å²) < 4.78 is 34.8. The number of ether oxygens (including phenoxy) is 2. The van der Waals surface area contributed by atoms with Gasteiger partial charge in [-0.2, -0.15) is 0 Å². The second-order valence-corrected chi connectivity index (χ2v) is 9.74. The van der Waals surface area contributed by atoms with Crippen LogP contribution in [0.4, 0.5) is 0 Å². The third kappa shape index (κ3) is 5.77. The zero-order valence-corrected chi connectivity index (χ0v) is 18.8. The molecule has 0 aliphatic carbocycles. The van der Waals surface area contributed by atoms with E-state index in [9.17, 15) is 8.42 Å². The molecule has 0 fully saturated rings. The molecule has 0 atom stereocenters. The van der Waals surface area contributed by atoms with Gasteiger partial charge < -0.3 is 9.47 Å². The normalized spacial score (nSPS) is 11.2. The summed E-state index contributed by atoms with van der Waals surface area (Å²) in [5.41, 5.74) is 3.55. The Balaban J connectivity index is 1.35. The summed E-state index contributed by atoms with van der Waals surface area (Å²) in [6, 6.07) is 30.4. The second kappa shape index (κ2) is 9.28. The van der Waals surface area contributed by atoms with Gasteiger partial charge in [-0.3, -0.25) is 0 Å². The van der Waals surface area contributed by atoms with Crippen LogP contribution in [0.25, 0.3) is 0 Å². The van der Waals surface area contributed by atoms with Gasteiger partial charge in [-0.15, -0.1) is 0 Å². The Morgan fingerprint density at radius 1 is 0.562 bits per heavy atom. The Labute approximate surface area is 189 Å². The molecule has 162 valence electrons. The molecule has 0 aromatic heterocycles.